The minimum Gasteiger partial charge on any atom is -0.465 e. The van der Waals surface area contributed by atoms with Gasteiger partial charge >= 0.3 is 5.97 Å². The van der Waals surface area contributed by atoms with E-state index in [2.05, 4.69) is 0 Å². The summed E-state index contributed by atoms with van der Waals surface area (Å²) in [4.78, 5) is 21.7. The number of benzene rings is 1. The van der Waals surface area contributed by atoms with Gasteiger partial charge in [0.2, 0.25) is 0 Å². The summed E-state index contributed by atoms with van der Waals surface area (Å²) in [7, 11) is 0. The normalized spacial score (nSPS) is 10.3. The molecule has 0 amide bonds. The van der Waals surface area contributed by atoms with Crippen molar-refractivity contribution < 1.29 is 14.5 Å². The molecule has 0 heterocycles. The van der Waals surface area contributed by atoms with Gasteiger partial charge in [-0.2, -0.15) is 0 Å². The molecule has 0 saturated carbocycles. The number of hydrogen-bond donors (Lipinski definition) is 0. The maximum atomic E-state index is 11.4. The number of nitro groups is 1. The van der Waals surface area contributed by atoms with E-state index in [0.29, 0.717) is 12.2 Å². The highest BCUT2D eigenvalue weighted by atomic mass is 16.6. The molecule has 0 atom stereocenters. The molecular formula is C12H15NO4. The fourth-order valence-corrected chi connectivity index (χ4v) is 1.30. The number of nitrogens with zero attached hydrogens (tertiary/aromatic N) is 1. The van der Waals surface area contributed by atoms with E-state index >= 15 is 0 Å². The van der Waals surface area contributed by atoms with Crippen molar-refractivity contribution >= 4 is 11.7 Å². The van der Waals surface area contributed by atoms with Gasteiger partial charge in [-0.25, -0.2) is 0 Å². The van der Waals surface area contributed by atoms with Gasteiger partial charge < -0.3 is 4.74 Å². The molecule has 0 bridgehead atoms. The van der Waals surface area contributed by atoms with Crippen LogP contribution in [0.1, 0.15) is 19.4 Å². The Balaban J connectivity index is 2.68. The lowest BCUT2D eigenvalue weighted by Gasteiger charge is -2.07. The van der Waals surface area contributed by atoms with Gasteiger partial charge in [-0.3, -0.25) is 14.9 Å². The molecule has 1 aromatic carbocycles. The Kier molecular flexibility index (Phi) is 4.63. The molecule has 92 valence electrons. The average Bonchev–Trinajstić information content (AvgIpc) is 2.27. The number of carbonyl (C=O) groups excluding carboxylic acids is 1. The maximum absolute atomic E-state index is 11.4. The molecule has 0 aliphatic rings. The largest absolute Gasteiger partial charge is 0.465 e. The number of para-hydroxylation sites is 1. The fourth-order valence-electron chi connectivity index (χ4n) is 1.30. The smallest absolute Gasteiger partial charge is 0.310 e. The van der Waals surface area contributed by atoms with Gasteiger partial charge in [0.1, 0.15) is 0 Å². The van der Waals surface area contributed by atoms with Gasteiger partial charge in [0, 0.05) is 11.6 Å². The second-order valence-corrected chi connectivity index (χ2v) is 4.14. The zero-order chi connectivity index (χ0) is 12.8. The number of rotatable bonds is 5. The second kappa shape index (κ2) is 5.98. The van der Waals surface area contributed by atoms with Crippen LogP contribution in [-0.2, 0) is 16.0 Å². The predicted octanol–water partition coefficient (Wildman–Crippen LogP) is 2.34. The molecule has 0 radical (unpaired) electrons. The van der Waals surface area contributed by atoms with Crippen LogP contribution in [0.3, 0.4) is 0 Å². The van der Waals surface area contributed by atoms with E-state index in [0.717, 1.165) is 0 Å². The van der Waals surface area contributed by atoms with Crippen LogP contribution in [0.25, 0.3) is 0 Å². The van der Waals surface area contributed by atoms with Gasteiger partial charge in [-0.15, -0.1) is 0 Å². The third-order valence-electron chi connectivity index (χ3n) is 2.10. The topological polar surface area (TPSA) is 69.4 Å². The molecular weight excluding hydrogens is 222 g/mol. The van der Waals surface area contributed by atoms with E-state index in [1.807, 2.05) is 13.8 Å². The molecule has 0 N–H and O–H groups in total. The molecule has 0 aliphatic carbocycles. The lowest BCUT2D eigenvalue weighted by molar-refractivity contribution is -0.385. The van der Waals surface area contributed by atoms with Crippen LogP contribution >= 0.6 is 0 Å². The molecule has 5 nitrogen and oxygen atoms in total. The molecule has 5 heteroatoms. The lowest BCUT2D eigenvalue weighted by atomic mass is 10.1. The van der Waals surface area contributed by atoms with E-state index in [9.17, 15) is 14.9 Å². The fraction of sp³-hybridized carbons (Fsp3) is 0.417. The van der Waals surface area contributed by atoms with Crippen molar-refractivity contribution in [2.45, 2.75) is 20.3 Å². The minimum absolute atomic E-state index is 0.0472. The Morgan fingerprint density at radius 2 is 2.06 bits per heavy atom. The van der Waals surface area contributed by atoms with Gasteiger partial charge in [-0.1, -0.05) is 32.0 Å². The average molecular weight is 237 g/mol. The number of ether oxygens (including phenoxy) is 1. The van der Waals surface area contributed by atoms with Crippen molar-refractivity contribution in [3.63, 3.8) is 0 Å². The summed E-state index contributed by atoms with van der Waals surface area (Å²) in [6.07, 6.45) is -0.0656. The Morgan fingerprint density at radius 3 is 2.65 bits per heavy atom. The van der Waals surface area contributed by atoms with Crippen molar-refractivity contribution in [1.29, 1.82) is 0 Å². The van der Waals surface area contributed by atoms with Crippen LogP contribution in [0.5, 0.6) is 0 Å². The van der Waals surface area contributed by atoms with E-state index in [-0.39, 0.29) is 18.0 Å². The first kappa shape index (κ1) is 13.2. The van der Waals surface area contributed by atoms with Crippen LogP contribution in [0, 0.1) is 16.0 Å². The maximum Gasteiger partial charge on any atom is 0.310 e. The Hall–Kier alpha value is -1.91. The number of esters is 1. The van der Waals surface area contributed by atoms with Crippen molar-refractivity contribution in [3.05, 3.63) is 39.9 Å². The number of nitro benzene ring substituents is 1. The highest BCUT2D eigenvalue weighted by molar-refractivity contribution is 5.74. The van der Waals surface area contributed by atoms with Crippen LogP contribution in [0.4, 0.5) is 5.69 Å². The number of hydrogen-bond acceptors (Lipinski definition) is 4. The first-order valence-electron chi connectivity index (χ1n) is 5.38. The van der Waals surface area contributed by atoms with Crippen molar-refractivity contribution in [3.8, 4) is 0 Å². The third kappa shape index (κ3) is 4.22. The monoisotopic (exact) mass is 237 g/mol. The van der Waals surface area contributed by atoms with Crippen LogP contribution in [0.15, 0.2) is 24.3 Å². The zero-order valence-electron chi connectivity index (χ0n) is 9.88. The molecule has 0 aliphatic heterocycles. The minimum atomic E-state index is -0.495. The second-order valence-electron chi connectivity index (χ2n) is 4.14. The SMILES string of the molecule is CC(C)COC(=O)Cc1ccccc1[N+](=O)[O-]. The van der Waals surface area contributed by atoms with E-state index in [1.165, 1.54) is 6.07 Å². The van der Waals surface area contributed by atoms with E-state index in [1.54, 1.807) is 18.2 Å². The Bertz CT molecular complexity index is 415. The zero-order valence-corrected chi connectivity index (χ0v) is 9.88. The highest BCUT2D eigenvalue weighted by Gasteiger charge is 2.16. The summed E-state index contributed by atoms with van der Waals surface area (Å²) in [6, 6.07) is 6.18. The molecule has 0 aromatic heterocycles. The third-order valence-corrected chi connectivity index (χ3v) is 2.10. The van der Waals surface area contributed by atoms with Gasteiger partial charge in [0.05, 0.1) is 18.0 Å². The molecule has 17 heavy (non-hydrogen) atoms. The molecule has 0 spiro atoms. The van der Waals surface area contributed by atoms with Crippen LogP contribution < -0.4 is 0 Å². The molecule has 0 unspecified atom stereocenters. The summed E-state index contributed by atoms with van der Waals surface area (Å²) in [5, 5.41) is 10.7. The summed E-state index contributed by atoms with van der Waals surface area (Å²) in [6.45, 7) is 4.19. The Labute approximate surface area is 99.5 Å². The van der Waals surface area contributed by atoms with E-state index < -0.39 is 10.9 Å². The first-order chi connectivity index (χ1) is 8.00. The molecule has 1 rings (SSSR count). The summed E-state index contributed by atoms with van der Waals surface area (Å²) in [5.74, 6) is -0.183. The first-order valence-corrected chi connectivity index (χ1v) is 5.38. The van der Waals surface area contributed by atoms with Gasteiger partial charge in [0.25, 0.3) is 5.69 Å². The quantitative estimate of drug-likeness (QED) is 0.447. The van der Waals surface area contributed by atoms with E-state index in [4.69, 9.17) is 4.74 Å². The van der Waals surface area contributed by atoms with Crippen molar-refractivity contribution in [2.75, 3.05) is 6.61 Å². The van der Waals surface area contributed by atoms with Crippen molar-refractivity contribution in [1.82, 2.24) is 0 Å². The summed E-state index contributed by atoms with van der Waals surface area (Å²) in [5.41, 5.74) is 0.334. The molecule has 0 saturated heterocycles. The summed E-state index contributed by atoms with van der Waals surface area (Å²) < 4.78 is 4.98. The summed E-state index contributed by atoms with van der Waals surface area (Å²) >= 11 is 0. The van der Waals surface area contributed by atoms with Gasteiger partial charge in [0.15, 0.2) is 0 Å². The van der Waals surface area contributed by atoms with Gasteiger partial charge in [-0.05, 0) is 5.92 Å². The molecule has 0 fully saturated rings. The number of carbonyl (C=O) groups is 1. The van der Waals surface area contributed by atoms with Crippen LogP contribution in [-0.4, -0.2) is 17.5 Å². The standard InChI is InChI=1S/C12H15NO4/c1-9(2)8-17-12(14)7-10-5-3-4-6-11(10)13(15)16/h3-6,9H,7-8H2,1-2H3. The lowest BCUT2D eigenvalue weighted by Crippen LogP contribution is -2.13. The predicted molar refractivity (Wildman–Crippen MR) is 62.6 cm³/mol. The molecule has 1 aromatic rings. The Morgan fingerprint density at radius 1 is 1.41 bits per heavy atom. The van der Waals surface area contributed by atoms with Crippen LogP contribution in [0.2, 0.25) is 0 Å². The van der Waals surface area contributed by atoms with Crippen molar-refractivity contribution in [2.24, 2.45) is 5.92 Å². The highest BCUT2D eigenvalue weighted by Crippen LogP contribution is 2.18.